The molecule has 0 aromatic heterocycles. The Labute approximate surface area is 84.9 Å². The van der Waals surface area contributed by atoms with Crippen molar-refractivity contribution in [3.05, 3.63) is 33.8 Å². The van der Waals surface area contributed by atoms with Crippen LogP contribution >= 0.6 is 27.7 Å². The fourth-order valence-electron chi connectivity index (χ4n) is 1.45. The molecule has 2 N–H and O–H groups in total. The van der Waals surface area contributed by atoms with Gasteiger partial charge in [0.25, 0.3) is 0 Å². The smallest absolute Gasteiger partial charge is 0.0390 e. The summed E-state index contributed by atoms with van der Waals surface area (Å²) in [6.07, 6.45) is 0. The summed E-state index contributed by atoms with van der Waals surface area (Å²) in [7, 11) is 0. The Hall–Kier alpha value is 0.0100. The average Bonchev–Trinajstić information content (AvgIpc) is 2.07. The van der Waals surface area contributed by atoms with Gasteiger partial charge in [0.1, 0.15) is 0 Å². The molecule has 1 heterocycles. The molecule has 0 amide bonds. The molecule has 1 aliphatic heterocycles. The Morgan fingerprint density at radius 1 is 1.50 bits per heavy atom. The van der Waals surface area contributed by atoms with Gasteiger partial charge >= 0.3 is 0 Å². The molecule has 3 heteroatoms. The van der Waals surface area contributed by atoms with E-state index in [1.807, 2.05) is 11.8 Å². The Balaban J connectivity index is 2.52. The number of nitrogens with two attached hydrogens (primary N) is 1. The lowest BCUT2D eigenvalue weighted by Crippen LogP contribution is -2.18. The van der Waals surface area contributed by atoms with Crippen molar-refractivity contribution in [2.45, 2.75) is 11.8 Å². The lowest BCUT2D eigenvalue weighted by Gasteiger charge is -2.22. The third-order valence-electron chi connectivity index (χ3n) is 2.10. The quantitative estimate of drug-likeness (QED) is 0.759. The zero-order valence-corrected chi connectivity index (χ0v) is 8.99. The average molecular weight is 244 g/mol. The van der Waals surface area contributed by atoms with Gasteiger partial charge < -0.3 is 5.73 Å². The van der Waals surface area contributed by atoms with E-state index in [0.29, 0.717) is 0 Å². The molecule has 64 valence electrons. The third kappa shape index (κ3) is 1.41. The standard InChI is InChI=1S/C9H10BrNS/c10-8-3-1-2-6-7(8)4-12-5-9(6)11/h1-3,9H,4-5,11H2. The van der Waals surface area contributed by atoms with Crippen molar-refractivity contribution in [2.24, 2.45) is 5.73 Å². The van der Waals surface area contributed by atoms with E-state index in [1.165, 1.54) is 15.6 Å². The van der Waals surface area contributed by atoms with Crippen LogP contribution in [0.5, 0.6) is 0 Å². The molecule has 1 aromatic carbocycles. The van der Waals surface area contributed by atoms with Crippen molar-refractivity contribution in [1.29, 1.82) is 0 Å². The van der Waals surface area contributed by atoms with Gasteiger partial charge in [0.05, 0.1) is 0 Å². The van der Waals surface area contributed by atoms with Crippen LogP contribution in [0.2, 0.25) is 0 Å². The molecule has 1 aromatic rings. The number of halogens is 1. The predicted molar refractivity (Wildman–Crippen MR) is 57.2 cm³/mol. The van der Waals surface area contributed by atoms with Gasteiger partial charge in [-0.15, -0.1) is 0 Å². The topological polar surface area (TPSA) is 26.0 Å². The number of hydrogen-bond acceptors (Lipinski definition) is 2. The zero-order valence-electron chi connectivity index (χ0n) is 6.59. The van der Waals surface area contributed by atoms with Gasteiger partial charge in [0.15, 0.2) is 0 Å². The van der Waals surface area contributed by atoms with Gasteiger partial charge in [-0.05, 0) is 17.2 Å². The van der Waals surface area contributed by atoms with Crippen LogP contribution in [0.25, 0.3) is 0 Å². The number of hydrogen-bond donors (Lipinski definition) is 1. The van der Waals surface area contributed by atoms with Gasteiger partial charge in [-0.3, -0.25) is 0 Å². The maximum Gasteiger partial charge on any atom is 0.0390 e. The SMILES string of the molecule is NC1CSCc2c(Br)cccc21. The minimum absolute atomic E-state index is 0.219. The molecule has 1 aliphatic rings. The Kier molecular flexibility index (Phi) is 2.44. The van der Waals surface area contributed by atoms with E-state index in [1.54, 1.807) is 0 Å². The fourth-order valence-corrected chi connectivity index (χ4v) is 3.24. The second-order valence-electron chi connectivity index (χ2n) is 2.93. The van der Waals surface area contributed by atoms with Crippen LogP contribution in [0.3, 0.4) is 0 Å². The zero-order chi connectivity index (χ0) is 8.55. The molecule has 0 aliphatic carbocycles. The maximum atomic E-state index is 5.97. The van der Waals surface area contributed by atoms with E-state index in [2.05, 4.69) is 34.1 Å². The van der Waals surface area contributed by atoms with Gasteiger partial charge in [-0.1, -0.05) is 28.1 Å². The number of fused-ring (bicyclic) bond motifs is 1. The molecule has 0 fully saturated rings. The fraction of sp³-hybridized carbons (Fsp3) is 0.333. The monoisotopic (exact) mass is 243 g/mol. The van der Waals surface area contributed by atoms with Crippen LogP contribution in [-0.2, 0) is 5.75 Å². The van der Waals surface area contributed by atoms with E-state index in [4.69, 9.17) is 5.73 Å². The van der Waals surface area contributed by atoms with E-state index < -0.39 is 0 Å². The largest absolute Gasteiger partial charge is 0.323 e. The van der Waals surface area contributed by atoms with Crippen molar-refractivity contribution >= 4 is 27.7 Å². The van der Waals surface area contributed by atoms with E-state index in [-0.39, 0.29) is 6.04 Å². The third-order valence-corrected chi connectivity index (χ3v) is 3.93. The van der Waals surface area contributed by atoms with E-state index >= 15 is 0 Å². The predicted octanol–water partition coefficient (Wildman–Crippen LogP) is 2.70. The molecule has 12 heavy (non-hydrogen) atoms. The van der Waals surface area contributed by atoms with Crippen LogP contribution < -0.4 is 5.73 Å². The lowest BCUT2D eigenvalue weighted by atomic mass is 10.0. The normalized spacial score (nSPS) is 22.0. The highest BCUT2D eigenvalue weighted by Gasteiger charge is 2.18. The van der Waals surface area contributed by atoms with Crippen molar-refractivity contribution in [3.8, 4) is 0 Å². The Bertz CT molecular complexity index is 301. The van der Waals surface area contributed by atoms with Crippen molar-refractivity contribution in [3.63, 3.8) is 0 Å². The van der Waals surface area contributed by atoms with Crippen molar-refractivity contribution < 1.29 is 0 Å². The molecule has 1 unspecified atom stereocenters. The van der Waals surface area contributed by atoms with Crippen LogP contribution in [-0.4, -0.2) is 5.75 Å². The Morgan fingerprint density at radius 2 is 2.33 bits per heavy atom. The molecule has 0 spiro atoms. The van der Waals surface area contributed by atoms with Gasteiger partial charge in [0.2, 0.25) is 0 Å². The molecule has 2 rings (SSSR count). The first-order valence-corrected chi connectivity index (χ1v) is 5.84. The Morgan fingerprint density at radius 3 is 3.08 bits per heavy atom. The summed E-state index contributed by atoms with van der Waals surface area (Å²) >= 11 is 5.45. The first kappa shape index (κ1) is 8.60. The van der Waals surface area contributed by atoms with Crippen LogP contribution in [0.1, 0.15) is 17.2 Å². The second kappa shape index (κ2) is 3.40. The van der Waals surface area contributed by atoms with E-state index in [0.717, 1.165) is 11.5 Å². The summed E-state index contributed by atoms with van der Waals surface area (Å²) in [4.78, 5) is 0. The molecule has 0 saturated carbocycles. The first-order chi connectivity index (χ1) is 5.79. The summed E-state index contributed by atoms with van der Waals surface area (Å²) in [6, 6.07) is 6.48. The molecule has 0 saturated heterocycles. The van der Waals surface area contributed by atoms with E-state index in [9.17, 15) is 0 Å². The summed E-state index contributed by atoms with van der Waals surface area (Å²) in [5.41, 5.74) is 8.66. The molecule has 1 atom stereocenters. The van der Waals surface area contributed by atoms with Crippen LogP contribution in [0.15, 0.2) is 22.7 Å². The summed E-state index contributed by atoms with van der Waals surface area (Å²) in [6.45, 7) is 0. The summed E-state index contributed by atoms with van der Waals surface area (Å²) in [5, 5.41) is 0. The number of thioether (sulfide) groups is 1. The van der Waals surface area contributed by atoms with Gasteiger partial charge in [-0.25, -0.2) is 0 Å². The van der Waals surface area contributed by atoms with Crippen molar-refractivity contribution in [2.75, 3.05) is 5.75 Å². The number of benzene rings is 1. The molecular formula is C9H10BrNS. The van der Waals surface area contributed by atoms with Gasteiger partial charge in [-0.2, -0.15) is 11.8 Å². The summed E-state index contributed by atoms with van der Waals surface area (Å²) < 4.78 is 1.20. The lowest BCUT2D eigenvalue weighted by molar-refractivity contribution is 0.808. The van der Waals surface area contributed by atoms with Gasteiger partial charge in [0, 0.05) is 22.0 Å². The minimum atomic E-state index is 0.219. The van der Waals surface area contributed by atoms with Crippen LogP contribution in [0.4, 0.5) is 0 Å². The molecule has 0 radical (unpaired) electrons. The second-order valence-corrected chi connectivity index (χ2v) is 4.81. The molecular weight excluding hydrogens is 234 g/mol. The minimum Gasteiger partial charge on any atom is -0.323 e. The highest BCUT2D eigenvalue weighted by molar-refractivity contribution is 9.10. The highest BCUT2D eigenvalue weighted by Crippen LogP contribution is 2.34. The molecule has 0 bridgehead atoms. The van der Waals surface area contributed by atoms with Crippen LogP contribution in [0, 0.1) is 0 Å². The maximum absolute atomic E-state index is 5.97. The first-order valence-electron chi connectivity index (χ1n) is 3.89. The highest BCUT2D eigenvalue weighted by atomic mass is 79.9. The summed E-state index contributed by atoms with van der Waals surface area (Å²) in [5.74, 6) is 2.13. The van der Waals surface area contributed by atoms with Crippen molar-refractivity contribution in [1.82, 2.24) is 0 Å². The molecule has 1 nitrogen and oxygen atoms in total. The number of rotatable bonds is 0.